The standard InChI is InChI=1S/C29H28N4O6/c1-28(2)37-17-24(39-28)38-27(35)32(3)26-30-22-14-13-19(15-23(22)31-26)29(36)21-12-8-7-11-20(21)25(34)33(29)16-18-9-5-4-6-10-18/h4-15,24,36H,16-17H2,1-3H3,(H,30,31)/t24-,29?/m1/s1. The molecule has 0 radical (unpaired) electrons. The zero-order chi connectivity index (χ0) is 27.4. The Bertz CT molecular complexity index is 1570. The van der Waals surface area contributed by atoms with Gasteiger partial charge in [-0.1, -0.05) is 54.6 Å². The first-order valence-electron chi connectivity index (χ1n) is 12.6. The van der Waals surface area contributed by atoms with Crippen molar-refractivity contribution < 1.29 is 28.9 Å². The van der Waals surface area contributed by atoms with Crippen LogP contribution < -0.4 is 4.90 Å². The molecule has 2 amide bonds. The summed E-state index contributed by atoms with van der Waals surface area (Å²) in [6, 6.07) is 21.8. The van der Waals surface area contributed by atoms with Crippen LogP contribution in [0.3, 0.4) is 0 Å². The van der Waals surface area contributed by atoms with Gasteiger partial charge >= 0.3 is 6.09 Å². The molecule has 1 aromatic heterocycles. The smallest absolute Gasteiger partial charge is 0.416 e. The largest absolute Gasteiger partial charge is 0.418 e. The first-order valence-corrected chi connectivity index (χ1v) is 12.6. The van der Waals surface area contributed by atoms with Crippen molar-refractivity contribution in [3.8, 4) is 0 Å². The predicted molar refractivity (Wildman–Crippen MR) is 142 cm³/mol. The number of aliphatic hydroxyl groups is 1. The zero-order valence-electron chi connectivity index (χ0n) is 21.7. The van der Waals surface area contributed by atoms with Crippen molar-refractivity contribution in [2.24, 2.45) is 0 Å². The number of nitrogens with one attached hydrogen (secondary N) is 1. The summed E-state index contributed by atoms with van der Waals surface area (Å²) in [5, 5.41) is 12.2. The maximum Gasteiger partial charge on any atom is 0.418 e. The molecule has 0 saturated carbocycles. The van der Waals surface area contributed by atoms with Gasteiger partial charge in [0.1, 0.15) is 6.61 Å². The quantitative estimate of drug-likeness (QED) is 0.401. The Hall–Kier alpha value is -4.25. The van der Waals surface area contributed by atoms with E-state index in [1.807, 2.05) is 30.3 Å². The molecule has 10 heteroatoms. The molecule has 200 valence electrons. The fourth-order valence-electron chi connectivity index (χ4n) is 5.04. The Balaban J connectivity index is 1.32. The van der Waals surface area contributed by atoms with Gasteiger partial charge in [-0.15, -0.1) is 0 Å². The van der Waals surface area contributed by atoms with Crippen LogP contribution in [-0.4, -0.2) is 57.7 Å². The number of benzene rings is 3. The second-order valence-corrected chi connectivity index (χ2v) is 10.1. The normalized spacial score (nSPS) is 21.8. The number of ether oxygens (including phenoxy) is 3. The van der Waals surface area contributed by atoms with Crippen LogP contribution in [0.2, 0.25) is 0 Å². The number of aromatic amines is 1. The van der Waals surface area contributed by atoms with Gasteiger partial charge in [0.05, 0.1) is 11.0 Å². The van der Waals surface area contributed by atoms with Crippen molar-refractivity contribution in [3.63, 3.8) is 0 Å². The summed E-state index contributed by atoms with van der Waals surface area (Å²) in [7, 11) is 1.53. The van der Waals surface area contributed by atoms with Gasteiger partial charge in [-0.25, -0.2) is 9.78 Å². The average molecular weight is 529 g/mol. The van der Waals surface area contributed by atoms with Crippen LogP contribution in [0.25, 0.3) is 11.0 Å². The molecule has 2 aliphatic rings. The molecular formula is C29H28N4O6. The van der Waals surface area contributed by atoms with Crippen LogP contribution in [0.1, 0.15) is 40.9 Å². The fraction of sp³-hybridized carbons (Fsp3) is 0.276. The van der Waals surface area contributed by atoms with Crippen LogP contribution in [0.5, 0.6) is 0 Å². The maximum atomic E-state index is 13.5. The molecule has 3 aromatic carbocycles. The lowest BCUT2D eigenvalue weighted by Gasteiger charge is -2.35. The summed E-state index contributed by atoms with van der Waals surface area (Å²) in [5.41, 5.74) is 1.78. The van der Waals surface area contributed by atoms with Crippen LogP contribution in [0.4, 0.5) is 10.7 Å². The topological polar surface area (TPSA) is 117 Å². The van der Waals surface area contributed by atoms with E-state index in [0.717, 1.165) is 5.56 Å². The molecule has 1 fully saturated rings. The first kappa shape index (κ1) is 25.1. The molecule has 10 nitrogen and oxygen atoms in total. The number of amides is 2. The number of fused-ring (bicyclic) bond motifs is 2. The number of carbonyl (C=O) groups excluding carboxylic acids is 2. The Morgan fingerprint density at radius 1 is 1.15 bits per heavy atom. The van der Waals surface area contributed by atoms with Gasteiger partial charge in [-0.3, -0.25) is 14.6 Å². The van der Waals surface area contributed by atoms with Crippen LogP contribution in [0.15, 0.2) is 72.8 Å². The highest BCUT2D eigenvalue weighted by Gasteiger charge is 2.49. The minimum atomic E-state index is -1.71. The summed E-state index contributed by atoms with van der Waals surface area (Å²) in [5.74, 6) is -0.832. The van der Waals surface area contributed by atoms with Crippen LogP contribution in [0, 0.1) is 0 Å². The van der Waals surface area contributed by atoms with Gasteiger partial charge in [0.25, 0.3) is 5.91 Å². The Labute approximate surface area is 224 Å². The number of carbonyl (C=O) groups is 2. The van der Waals surface area contributed by atoms with Crippen molar-refractivity contribution in [1.29, 1.82) is 0 Å². The third kappa shape index (κ3) is 4.32. The lowest BCUT2D eigenvalue weighted by Crippen LogP contribution is -2.44. The molecular weight excluding hydrogens is 500 g/mol. The van der Waals surface area contributed by atoms with Crippen molar-refractivity contribution >= 4 is 29.0 Å². The van der Waals surface area contributed by atoms with Gasteiger partial charge < -0.3 is 24.3 Å². The minimum Gasteiger partial charge on any atom is -0.416 e. The second-order valence-electron chi connectivity index (χ2n) is 10.1. The fourth-order valence-corrected chi connectivity index (χ4v) is 5.04. The van der Waals surface area contributed by atoms with E-state index >= 15 is 0 Å². The summed E-state index contributed by atoms with van der Waals surface area (Å²) >= 11 is 0. The molecule has 4 aromatic rings. The molecule has 2 aliphatic heterocycles. The third-order valence-electron chi connectivity index (χ3n) is 7.03. The zero-order valence-corrected chi connectivity index (χ0v) is 21.7. The number of nitrogens with zero attached hydrogens (tertiary/aromatic N) is 3. The van der Waals surface area contributed by atoms with E-state index in [4.69, 9.17) is 14.2 Å². The molecule has 3 heterocycles. The lowest BCUT2D eigenvalue weighted by molar-refractivity contribution is -0.173. The Morgan fingerprint density at radius 3 is 2.64 bits per heavy atom. The monoisotopic (exact) mass is 528 g/mol. The van der Waals surface area contributed by atoms with Crippen molar-refractivity contribution in [2.75, 3.05) is 18.6 Å². The number of aromatic nitrogens is 2. The summed E-state index contributed by atoms with van der Waals surface area (Å²) in [6.45, 7) is 3.84. The van der Waals surface area contributed by atoms with E-state index in [-0.39, 0.29) is 25.0 Å². The predicted octanol–water partition coefficient (Wildman–Crippen LogP) is 4.09. The highest BCUT2D eigenvalue weighted by molar-refractivity contribution is 6.00. The lowest BCUT2D eigenvalue weighted by atomic mass is 9.93. The molecule has 2 atom stereocenters. The number of anilines is 1. The summed E-state index contributed by atoms with van der Waals surface area (Å²) in [4.78, 5) is 36.5. The van der Waals surface area contributed by atoms with E-state index in [2.05, 4.69) is 9.97 Å². The van der Waals surface area contributed by atoms with Gasteiger partial charge in [-0.2, -0.15) is 0 Å². The van der Waals surface area contributed by atoms with Crippen molar-refractivity contribution in [3.05, 3.63) is 95.1 Å². The van der Waals surface area contributed by atoms with Crippen LogP contribution in [-0.2, 0) is 26.5 Å². The first-order chi connectivity index (χ1) is 18.7. The van der Waals surface area contributed by atoms with Crippen LogP contribution >= 0.6 is 0 Å². The van der Waals surface area contributed by atoms with E-state index in [9.17, 15) is 14.7 Å². The Morgan fingerprint density at radius 2 is 1.90 bits per heavy atom. The van der Waals surface area contributed by atoms with Crippen molar-refractivity contribution in [1.82, 2.24) is 14.9 Å². The number of imidazole rings is 1. The Kier molecular flexibility index (Phi) is 5.91. The molecule has 0 bridgehead atoms. The molecule has 1 saturated heterocycles. The molecule has 2 N–H and O–H groups in total. The summed E-state index contributed by atoms with van der Waals surface area (Å²) in [6.07, 6.45) is -1.49. The average Bonchev–Trinajstić information content (AvgIpc) is 3.58. The molecule has 6 rings (SSSR count). The summed E-state index contributed by atoms with van der Waals surface area (Å²) < 4.78 is 16.4. The maximum absolute atomic E-state index is 13.5. The van der Waals surface area contributed by atoms with E-state index in [1.54, 1.807) is 56.3 Å². The molecule has 1 unspecified atom stereocenters. The highest BCUT2D eigenvalue weighted by Crippen LogP contribution is 2.43. The molecule has 39 heavy (non-hydrogen) atoms. The van der Waals surface area contributed by atoms with Gasteiger partial charge in [-0.05, 0) is 37.6 Å². The number of hydrogen-bond acceptors (Lipinski definition) is 7. The van der Waals surface area contributed by atoms with Crippen molar-refractivity contribution in [2.45, 2.75) is 38.2 Å². The van der Waals surface area contributed by atoms with E-state index in [0.29, 0.717) is 27.7 Å². The van der Waals surface area contributed by atoms with E-state index < -0.39 is 23.9 Å². The minimum absolute atomic E-state index is 0.133. The SMILES string of the molecule is CN(C(=O)O[C@H]1COC(C)(C)O1)c1nc2ccc(C3(O)c4ccccc4C(=O)N3Cc3ccccc3)cc2[nH]1. The van der Waals surface area contributed by atoms with Gasteiger partial charge in [0.15, 0.2) is 11.5 Å². The number of H-pyrrole nitrogens is 1. The number of hydrogen-bond donors (Lipinski definition) is 2. The number of rotatable bonds is 5. The highest BCUT2D eigenvalue weighted by atomic mass is 16.8. The van der Waals surface area contributed by atoms with Gasteiger partial charge in [0.2, 0.25) is 12.2 Å². The molecule has 0 aliphatic carbocycles. The van der Waals surface area contributed by atoms with E-state index in [1.165, 1.54) is 16.8 Å². The third-order valence-corrected chi connectivity index (χ3v) is 7.03. The molecule has 0 spiro atoms. The van der Waals surface area contributed by atoms with Gasteiger partial charge in [0, 0.05) is 30.3 Å². The second kappa shape index (κ2) is 9.19.